The fraction of sp³-hybridized carbons (Fsp3) is 0.600. The maximum absolute atomic E-state index is 10.4. The summed E-state index contributed by atoms with van der Waals surface area (Å²) in [7, 11) is 0. The number of hydrogen-bond donors (Lipinski definition) is 2. The van der Waals surface area contributed by atoms with Crippen LogP contribution in [0.15, 0.2) is 47.1 Å². The molecule has 0 saturated carbocycles. The Hall–Kier alpha value is -1.12. The highest BCUT2D eigenvalue weighted by molar-refractivity contribution is 5.13. The highest BCUT2D eigenvalue weighted by Gasteiger charge is 2.18. The van der Waals surface area contributed by atoms with E-state index in [4.69, 9.17) is 0 Å². The average Bonchev–Trinajstić information content (AvgIpc) is 2.49. The third-order valence-electron chi connectivity index (χ3n) is 4.64. The van der Waals surface area contributed by atoms with Crippen LogP contribution >= 0.6 is 0 Å². The summed E-state index contributed by atoms with van der Waals surface area (Å²) in [6.07, 6.45) is 11.9. The van der Waals surface area contributed by atoms with Crippen LogP contribution in [0.1, 0.15) is 59.3 Å². The van der Waals surface area contributed by atoms with Crippen LogP contribution in [0.3, 0.4) is 0 Å². The summed E-state index contributed by atoms with van der Waals surface area (Å²) < 4.78 is 0. The molecule has 0 fully saturated rings. The summed E-state index contributed by atoms with van der Waals surface area (Å²) in [5.74, 6) is 0.173. The standard InChI is InChI=1S/C20H32O2/c1-15-7-5-8-16(2)11-12-19(18(4)14-21)13-20(22)17(3)10-6-9-15/h8-10,19-22H,4-7,11-14H2,1-3H3/t19-,20+/m0/s1. The second-order valence-electron chi connectivity index (χ2n) is 6.63. The van der Waals surface area contributed by atoms with Crippen LogP contribution < -0.4 is 0 Å². The summed E-state index contributed by atoms with van der Waals surface area (Å²) >= 11 is 0. The van der Waals surface area contributed by atoms with Crippen molar-refractivity contribution < 1.29 is 10.2 Å². The van der Waals surface area contributed by atoms with Gasteiger partial charge in [0.1, 0.15) is 0 Å². The first kappa shape index (κ1) is 18.9. The monoisotopic (exact) mass is 304 g/mol. The highest BCUT2D eigenvalue weighted by Crippen LogP contribution is 2.26. The van der Waals surface area contributed by atoms with Crippen LogP contribution in [0.25, 0.3) is 0 Å². The summed E-state index contributed by atoms with van der Waals surface area (Å²) in [4.78, 5) is 0. The number of allylic oxidation sites excluding steroid dienone is 5. The van der Waals surface area contributed by atoms with Crippen molar-refractivity contribution in [2.75, 3.05) is 6.61 Å². The molecule has 0 radical (unpaired) electrons. The molecule has 1 aliphatic rings. The van der Waals surface area contributed by atoms with Gasteiger partial charge in [-0.25, -0.2) is 0 Å². The normalized spacial score (nSPS) is 25.6. The van der Waals surface area contributed by atoms with E-state index in [1.807, 2.05) is 6.92 Å². The van der Waals surface area contributed by atoms with Gasteiger partial charge in [-0.05, 0) is 76.4 Å². The lowest BCUT2D eigenvalue weighted by atomic mass is 9.86. The van der Waals surface area contributed by atoms with Gasteiger partial charge in [-0.15, -0.1) is 0 Å². The van der Waals surface area contributed by atoms with Gasteiger partial charge in [0.05, 0.1) is 12.7 Å². The number of aliphatic hydroxyl groups excluding tert-OH is 2. The minimum atomic E-state index is -0.450. The lowest BCUT2D eigenvalue weighted by Crippen LogP contribution is -2.18. The first-order valence-electron chi connectivity index (χ1n) is 8.38. The van der Waals surface area contributed by atoms with E-state index in [0.29, 0.717) is 6.42 Å². The van der Waals surface area contributed by atoms with Gasteiger partial charge in [0.25, 0.3) is 0 Å². The van der Waals surface area contributed by atoms with Crippen LogP contribution in [0, 0.1) is 5.92 Å². The van der Waals surface area contributed by atoms with Crippen molar-refractivity contribution in [1.82, 2.24) is 0 Å². The van der Waals surface area contributed by atoms with Gasteiger partial charge in [0, 0.05) is 0 Å². The number of hydrogen-bond acceptors (Lipinski definition) is 2. The zero-order chi connectivity index (χ0) is 16.5. The fourth-order valence-corrected chi connectivity index (χ4v) is 2.81. The van der Waals surface area contributed by atoms with Crippen LogP contribution in [0.5, 0.6) is 0 Å². The fourth-order valence-electron chi connectivity index (χ4n) is 2.81. The van der Waals surface area contributed by atoms with Crippen LogP contribution in [-0.4, -0.2) is 22.9 Å². The molecule has 1 aliphatic carbocycles. The summed E-state index contributed by atoms with van der Waals surface area (Å²) in [6.45, 7) is 10.3. The molecule has 0 amide bonds. The minimum absolute atomic E-state index is 0.00480. The molecule has 0 unspecified atom stereocenters. The zero-order valence-corrected chi connectivity index (χ0v) is 14.4. The third-order valence-corrected chi connectivity index (χ3v) is 4.64. The van der Waals surface area contributed by atoms with E-state index in [-0.39, 0.29) is 12.5 Å². The predicted octanol–water partition coefficient (Wildman–Crippen LogP) is 4.71. The van der Waals surface area contributed by atoms with Crippen molar-refractivity contribution in [3.63, 3.8) is 0 Å². The Kier molecular flexibility index (Phi) is 8.44. The van der Waals surface area contributed by atoms with Gasteiger partial charge < -0.3 is 10.2 Å². The molecule has 1 rings (SSSR count). The second kappa shape index (κ2) is 9.81. The molecule has 124 valence electrons. The van der Waals surface area contributed by atoms with Crippen molar-refractivity contribution >= 4 is 0 Å². The Morgan fingerprint density at radius 2 is 1.82 bits per heavy atom. The van der Waals surface area contributed by atoms with Crippen LogP contribution in [0.4, 0.5) is 0 Å². The summed E-state index contributed by atoms with van der Waals surface area (Å²) in [5, 5.41) is 19.8. The molecule has 0 spiro atoms. The van der Waals surface area contributed by atoms with Gasteiger partial charge in [-0.1, -0.05) is 36.0 Å². The van der Waals surface area contributed by atoms with Crippen molar-refractivity contribution in [3.8, 4) is 0 Å². The SMILES string of the molecule is C=C(CO)[C@H]1CCC(C)=CCCC(C)=CCC=C(C)[C@H](O)C1. The Bertz CT molecular complexity index is 454. The van der Waals surface area contributed by atoms with Gasteiger partial charge in [-0.3, -0.25) is 0 Å². The average molecular weight is 304 g/mol. The molecule has 0 bridgehead atoms. The molecule has 2 N–H and O–H groups in total. The largest absolute Gasteiger partial charge is 0.392 e. The molecule has 0 aliphatic heterocycles. The molecule has 0 saturated heterocycles. The van der Waals surface area contributed by atoms with Gasteiger partial charge in [0.15, 0.2) is 0 Å². The highest BCUT2D eigenvalue weighted by atomic mass is 16.3. The summed E-state index contributed by atoms with van der Waals surface area (Å²) in [5.41, 5.74) is 4.65. The lowest BCUT2D eigenvalue weighted by molar-refractivity contribution is 0.175. The molecule has 0 aromatic heterocycles. The Balaban J connectivity index is 2.90. The van der Waals surface area contributed by atoms with Gasteiger partial charge in [-0.2, -0.15) is 0 Å². The molecular formula is C20H32O2. The van der Waals surface area contributed by atoms with E-state index in [2.05, 4.69) is 38.7 Å². The van der Waals surface area contributed by atoms with E-state index in [1.165, 1.54) is 11.1 Å². The number of aliphatic hydroxyl groups is 2. The van der Waals surface area contributed by atoms with Crippen LogP contribution in [-0.2, 0) is 0 Å². The maximum atomic E-state index is 10.4. The first-order valence-corrected chi connectivity index (χ1v) is 8.38. The van der Waals surface area contributed by atoms with Crippen LogP contribution in [0.2, 0.25) is 0 Å². The second-order valence-corrected chi connectivity index (χ2v) is 6.63. The van der Waals surface area contributed by atoms with E-state index < -0.39 is 6.10 Å². The Morgan fingerprint density at radius 3 is 2.50 bits per heavy atom. The molecule has 0 aromatic rings. The first-order chi connectivity index (χ1) is 10.4. The van der Waals surface area contributed by atoms with Crippen molar-refractivity contribution in [2.24, 2.45) is 5.92 Å². The van der Waals surface area contributed by atoms with Crippen molar-refractivity contribution in [1.29, 1.82) is 0 Å². The molecular weight excluding hydrogens is 272 g/mol. The summed E-state index contributed by atoms with van der Waals surface area (Å²) in [6, 6.07) is 0. The van der Waals surface area contributed by atoms with E-state index in [0.717, 1.165) is 43.3 Å². The van der Waals surface area contributed by atoms with E-state index >= 15 is 0 Å². The lowest BCUT2D eigenvalue weighted by Gasteiger charge is -2.22. The van der Waals surface area contributed by atoms with Crippen molar-refractivity contribution in [3.05, 3.63) is 47.1 Å². The molecule has 0 heterocycles. The Labute approximate surface area is 135 Å². The van der Waals surface area contributed by atoms with Gasteiger partial charge >= 0.3 is 0 Å². The maximum Gasteiger partial charge on any atom is 0.0753 e. The third kappa shape index (κ3) is 6.76. The zero-order valence-electron chi connectivity index (χ0n) is 14.4. The smallest absolute Gasteiger partial charge is 0.0753 e. The molecule has 2 atom stereocenters. The minimum Gasteiger partial charge on any atom is -0.392 e. The number of rotatable bonds is 2. The molecule has 22 heavy (non-hydrogen) atoms. The Morgan fingerprint density at radius 1 is 1.14 bits per heavy atom. The van der Waals surface area contributed by atoms with Crippen molar-refractivity contribution in [2.45, 2.75) is 65.4 Å². The molecule has 0 aromatic carbocycles. The predicted molar refractivity (Wildman–Crippen MR) is 94.7 cm³/mol. The van der Waals surface area contributed by atoms with E-state index in [9.17, 15) is 10.2 Å². The topological polar surface area (TPSA) is 40.5 Å². The quantitative estimate of drug-likeness (QED) is 0.726. The van der Waals surface area contributed by atoms with Gasteiger partial charge in [0.2, 0.25) is 0 Å². The molecule has 2 nitrogen and oxygen atoms in total. The van der Waals surface area contributed by atoms with E-state index in [1.54, 1.807) is 0 Å². The molecule has 2 heteroatoms.